The number of anilines is 1. The molecule has 0 aliphatic rings. The van der Waals surface area contributed by atoms with Crippen LogP contribution in [0.15, 0.2) is 78.0 Å². The third kappa shape index (κ3) is 6.08. The van der Waals surface area contributed by atoms with Crippen molar-refractivity contribution in [1.82, 2.24) is 14.8 Å². The number of carbonyl (C=O) groups is 1. The molecular weight excluding hydrogens is 507 g/mol. The molecule has 4 aromatic rings. The van der Waals surface area contributed by atoms with Crippen LogP contribution >= 0.6 is 35.0 Å². The molecule has 0 spiro atoms. The molecule has 0 bridgehead atoms. The van der Waals surface area contributed by atoms with Crippen LogP contribution in [0.3, 0.4) is 0 Å². The minimum absolute atomic E-state index is 0.0987. The van der Waals surface area contributed by atoms with Gasteiger partial charge in [0.1, 0.15) is 11.5 Å². The standard InChI is InChI=1S/C25H22Cl2N4O3S/c1-16(34-19-13-11-18(33-2)12-14-19)24-29-30-25(31(24)17-7-4-3-5-8-17)35-15-22(32)28-21-10-6-9-20(26)23(21)27/h3-14,16H,15H2,1-2H3,(H,28,32). The van der Waals surface area contributed by atoms with Crippen molar-refractivity contribution < 1.29 is 14.3 Å². The molecular formula is C25H22Cl2N4O3S. The van der Waals surface area contributed by atoms with E-state index in [4.69, 9.17) is 32.7 Å². The highest BCUT2D eigenvalue weighted by molar-refractivity contribution is 7.99. The van der Waals surface area contributed by atoms with E-state index in [9.17, 15) is 4.79 Å². The third-order valence-electron chi connectivity index (χ3n) is 4.97. The quantitative estimate of drug-likeness (QED) is 0.251. The average Bonchev–Trinajstić information content (AvgIpc) is 3.31. The lowest BCUT2D eigenvalue weighted by Crippen LogP contribution is -2.15. The summed E-state index contributed by atoms with van der Waals surface area (Å²) in [7, 11) is 1.61. The lowest BCUT2D eigenvalue weighted by atomic mass is 10.3. The first-order valence-corrected chi connectivity index (χ1v) is 12.4. The van der Waals surface area contributed by atoms with E-state index in [-0.39, 0.29) is 11.7 Å². The number of methoxy groups -OCH3 is 1. The molecule has 1 N–H and O–H groups in total. The zero-order chi connectivity index (χ0) is 24.8. The molecule has 1 unspecified atom stereocenters. The number of halogens is 2. The molecule has 35 heavy (non-hydrogen) atoms. The third-order valence-corrected chi connectivity index (χ3v) is 6.71. The fourth-order valence-electron chi connectivity index (χ4n) is 3.29. The highest BCUT2D eigenvalue weighted by atomic mass is 35.5. The number of nitrogens with zero attached hydrogens (tertiary/aromatic N) is 3. The van der Waals surface area contributed by atoms with Gasteiger partial charge in [-0.2, -0.15) is 0 Å². The van der Waals surface area contributed by atoms with Gasteiger partial charge in [0.2, 0.25) is 5.91 Å². The first-order valence-electron chi connectivity index (χ1n) is 10.6. The van der Waals surface area contributed by atoms with E-state index < -0.39 is 6.10 Å². The summed E-state index contributed by atoms with van der Waals surface area (Å²) in [5.41, 5.74) is 1.31. The Labute approximate surface area is 217 Å². The highest BCUT2D eigenvalue weighted by Crippen LogP contribution is 2.31. The Morgan fingerprint density at radius 2 is 1.71 bits per heavy atom. The predicted octanol–water partition coefficient (Wildman–Crippen LogP) is 6.45. The number of benzene rings is 3. The normalized spacial score (nSPS) is 11.7. The van der Waals surface area contributed by atoms with Gasteiger partial charge < -0.3 is 14.8 Å². The topological polar surface area (TPSA) is 78.3 Å². The van der Waals surface area contributed by atoms with E-state index in [1.807, 2.05) is 66.1 Å². The van der Waals surface area contributed by atoms with Crippen molar-refractivity contribution in [2.45, 2.75) is 18.2 Å². The molecule has 0 aliphatic carbocycles. The first kappa shape index (κ1) is 24.9. The number of hydrogen-bond acceptors (Lipinski definition) is 6. The summed E-state index contributed by atoms with van der Waals surface area (Å²) in [6, 6.07) is 22.1. The number of hydrogen-bond donors (Lipinski definition) is 1. The van der Waals surface area contributed by atoms with E-state index >= 15 is 0 Å². The number of amides is 1. The molecule has 4 rings (SSSR count). The van der Waals surface area contributed by atoms with Crippen LogP contribution in [0.5, 0.6) is 11.5 Å². The monoisotopic (exact) mass is 528 g/mol. The lowest BCUT2D eigenvalue weighted by Gasteiger charge is -2.17. The van der Waals surface area contributed by atoms with Gasteiger partial charge in [0.25, 0.3) is 0 Å². The molecule has 3 aromatic carbocycles. The Kier molecular flexibility index (Phi) is 8.17. The van der Waals surface area contributed by atoms with Gasteiger partial charge >= 0.3 is 0 Å². The van der Waals surface area contributed by atoms with E-state index in [0.29, 0.717) is 32.5 Å². The zero-order valence-corrected chi connectivity index (χ0v) is 21.3. The van der Waals surface area contributed by atoms with Crippen molar-refractivity contribution >= 4 is 46.6 Å². The fraction of sp³-hybridized carbons (Fsp3) is 0.160. The largest absolute Gasteiger partial charge is 0.497 e. The van der Waals surface area contributed by atoms with E-state index in [1.165, 1.54) is 11.8 Å². The maximum atomic E-state index is 12.6. The highest BCUT2D eigenvalue weighted by Gasteiger charge is 2.22. The smallest absolute Gasteiger partial charge is 0.234 e. The second-order valence-corrected chi connectivity index (χ2v) is 9.11. The molecule has 0 fully saturated rings. The Bertz CT molecular complexity index is 1300. The Hall–Kier alpha value is -3.20. The number of aromatic nitrogens is 3. The van der Waals surface area contributed by atoms with Crippen molar-refractivity contribution in [2.24, 2.45) is 0 Å². The van der Waals surface area contributed by atoms with Gasteiger partial charge in [-0.05, 0) is 55.5 Å². The van der Waals surface area contributed by atoms with Gasteiger partial charge in [0.15, 0.2) is 17.1 Å². The summed E-state index contributed by atoms with van der Waals surface area (Å²) < 4.78 is 13.2. The number of rotatable bonds is 9. The Balaban J connectivity index is 1.53. The van der Waals surface area contributed by atoms with Gasteiger partial charge in [0, 0.05) is 5.69 Å². The summed E-state index contributed by atoms with van der Waals surface area (Å²) in [4.78, 5) is 12.6. The molecule has 180 valence electrons. The minimum Gasteiger partial charge on any atom is -0.497 e. The van der Waals surface area contributed by atoms with Crippen LogP contribution in [0.25, 0.3) is 5.69 Å². The number of para-hydroxylation sites is 1. The van der Waals surface area contributed by atoms with E-state index in [1.54, 1.807) is 25.3 Å². The molecule has 0 saturated carbocycles. The molecule has 7 nitrogen and oxygen atoms in total. The van der Waals surface area contributed by atoms with Crippen molar-refractivity contribution in [2.75, 3.05) is 18.2 Å². The Morgan fingerprint density at radius 3 is 2.43 bits per heavy atom. The molecule has 0 saturated heterocycles. The SMILES string of the molecule is COc1ccc(OC(C)c2nnc(SCC(=O)Nc3cccc(Cl)c3Cl)n2-c2ccccc2)cc1. The van der Waals surface area contributed by atoms with Crippen LogP contribution in [-0.2, 0) is 4.79 Å². The van der Waals surface area contributed by atoms with Gasteiger partial charge in [-0.3, -0.25) is 9.36 Å². The summed E-state index contributed by atoms with van der Waals surface area (Å²) in [6.07, 6.45) is -0.412. The molecule has 1 amide bonds. The summed E-state index contributed by atoms with van der Waals surface area (Å²) in [6.45, 7) is 1.90. The Morgan fingerprint density at radius 1 is 1.00 bits per heavy atom. The number of nitrogens with one attached hydrogen (secondary N) is 1. The molecule has 0 aliphatic heterocycles. The average molecular weight is 529 g/mol. The fourth-order valence-corrected chi connectivity index (χ4v) is 4.39. The van der Waals surface area contributed by atoms with Crippen LogP contribution in [0.4, 0.5) is 5.69 Å². The molecule has 10 heteroatoms. The zero-order valence-electron chi connectivity index (χ0n) is 18.9. The molecule has 0 radical (unpaired) electrons. The summed E-state index contributed by atoms with van der Waals surface area (Å²) >= 11 is 13.5. The second-order valence-electron chi connectivity index (χ2n) is 7.39. The molecule has 1 aromatic heterocycles. The van der Waals surface area contributed by atoms with Crippen LogP contribution in [0, 0.1) is 0 Å². The van der Waals surface area contributed by atoms with E-state index in [2.05, 4.69) is 15.5 Å². The lowest BCUT2D eigenvalue weighted by molar-refractivity contribution is -0.113. The van der Waals surface area contributed by atoms with Gasteiger partial charge in [-0.25, -0.2) is 0 Å². The van der Waals surface area contributed by atoms with Gasteiger partial charge in [-0.15, -0.1) is 10.2 Å². The maximum Gasteiger partial charge on any atom is 0.234 e. The molecule has 1 atom stereocenters. The van der Waals surface area contributed by atoms with Crippen LogP contribution in [0.1, 0.15) is 18.9 Å². The van der Waals surface area contributed by atoms with Crippen molar-refractivity contribution in [3.8, 4) is 17.2 Å². The predicted molar refractivity (Wildman–Crippen MR) is 139 cm³/mol. The van der Waals surface area contributed by atoms with Crippen molar-refractivity contribution in [3.63, 3.8) is 0 Å². The van der Waals surface area contributed by atoms with Gasteiger partial charge in [-0.1, -0.05) is 59.2 Å². The maximum absolute atomic E-state index is 12.6. The number of ether oxygens (including phenoxy) is 2. The van der Waals surface area contributed by atoms with E-state index in [0.717, 1.165) is 11.4 Å². The first-order chi connectivity index (χ1) is 17.0. The van der Waals surface area contributed by atoms with Crippen LogP contribution < -0.4 is 14.8 Å². The summed E-state index contributed by atoms with van der Waals surface area (Å²) in [5, 5.41) is 12.7. The minimum atomic E-state index is -0.412. The second kappa shape index (κ2) is 11.5. The van der Waals surface area contributed by atoms with Gasteiger partial charge in [0.05, 0.1) is 28.6 Å². The number of thioether (sulfide) groups is 1. The molecule has 1 heterocycles. The van der Waals surface area contributed by atoms with Crippen molar-refractivity contribution in [3.05, 3.63) is 88.7 Å². The van der Waals surface area contributed by atoms with Crippen LogP contribution in [-0.4, -0.2) is 33.5 Å². The summed E-state index contributed by atoms with van der Waals surface area (Å²) in [5.74, 6) is 1.88. The number of carbonyl (C=O) groups excluding carboxylic acids is 1. The van der Waals surface area contributed by atoms with Crippen LogP contribution in [0.2, 0.25) is 10.0 Å². The van der Waals surface area contributed by atoms with Crippen molar-refractivity contribution in [1.29, 1.82) is 0 Å².